The second-order valence-electron chi connectivity index (χ2n) is 4.66. The molecular formula is C14H23O. The molecule has 0 aliphatic heterocycles. The van der Waals surface area contributed by atoms with Crippen LogP contribution in [-0.4, -0.2) is 6.61 Å². The van der Waals surface area contributed by atoms with E-state index in [1.54, 1.807) is 0 Å². The second kappa shape index (κ2) is 5.39. The topological polar surface area (TPSA) is 9.23 Å². The van der Waals surface area contributed by atoms with E-state index >= 15 is 0 Å². The van der Waals surface area contributed by atoms with Crippen molar-refractivity contribution in [1.82, 2.24) is 0 Å². The van der Waals surface area contributed by atoms with Crippen LogP contribution in [0.5, 0.6) is 0 Å². The minimum Gasteiger partial charge on any atom is -0.494 e. The van der Waals surface area contributed by atoms with Gasteiger partial charge in [0.2, 0.25) is 0 Å². The van der Waals surface area contributed by atoms with E-state index in [4.69, 9.17) is 4.74 Å². The molecule has 0 saturated heterocycles. The summed E-state index contributed by atoms with van der Waals surface area (Å²) in [6, 6.07) is 0. The normalized spacial score (nSPS) is 17.4. The summed E-state index contributed by atoms with van der Waals surface area (Å²) in [4.78, 5) is 0. The molecule has 0 fully saturated rings. The summed E-state index contributed by atoms with van der Waals surface area (Å²) in [6.45, 7) is 11.7. The summed E-state index contributed by atoms with van der Waals surface area (Å²) in [5, 5.41) is 0. The first-order chi connectivity index (χ1) is 7.07. The highest BCUT2D eigenvalue weighted by atomic mass is 16.5. The van der Waals surface area contributed by atoms with Crippen molar-refractivity contribution in [1.29, 1.82) is 0 Å². The lowest BCUT2D eigenvalue weighted by atomic mass is 9.86. The Hall–Kier alpha value is -0.720. The summed E-state index contributed by atoms with van der Waals surface area (Å²) in [5.74, 6) is 2.27. The number of hydrogen-bond donors (Lipinski definition) is 0. The Labute approximate surface area is 94.2 Å². The molecule has 0 aromatic carbocycles. The molecular weight excluding hydrogens is 184 g/mol. The highest BCUT2D eigenvalue weighted by Gasteiger charge is 2.21. The van der Waals surface area contributed by atoms with Gasteiger partial charge in [-0.25, -0.2) is 0 Å². The fraction of sp³-hybridized carbons (Fsp3) is 0.643. The Balaban J connectivity index is 3.03. The average Bonchev–Trinajstić information content (AvgIpc) is 2.17. The maximum absolute atomic E-state index is 5.82. The fourth-order valence-electron chi connectivity index (χ4n) is 1.94. The van der Waals surface area contributed by atoms with Gasteiger partial charge in [0.15, 0.2) is 0 Å². The lowest BCUT2D eigenvalue weighted by molar-refractivity contribution is 0.224. The molecule has 1 aliphatic carbocycles. The van der Waals surface area contributed by atoms with Gasteiger partial charge >= 0.3 is 0 Å². The minimum absolute atomic E-state index is 0.539. The molecule has 0 aromatic heterocycles. The molecule has 85 valence electrons. The van der Waals surface area contributed by atoms with E-state index in [1.807, 2.05) is 0 Å². The van der Waals surface area contributed by atoms with Gasteiger partial charge < -0.3 is 4.74 Å². The van der Waals surface area contributed by atoms with Crippen LogP contribution in [0.4, 0.5) is 0 Å². The van der Waals surface area contributed by atoms with Crippen molar-refractivity contribution >= 4 is 0 Å². The summed E-state index contributed by atoms with van der Waals surface area (Å²) in [6.07, 6.45) is 5.53. The van der Waals surface area contributed by atoms with Crippen molar-refractivity contribution in [2.24, 2.45) is 11.8 Å². The van der Waals surface area contributed by atoms with Crippen LogP contribution in [0.15, 0.2) is 23.0 Å². The van der Waals surface area contributed by atoms with E-state index < -0.39 is 0 Å². The van der Waals surface area contributed by atoms with Gasteiger partial charge in [0, 0.05) is 0 Å². The number of allylic oxidation sites excluding steroid dienone is 3. The Bertz CT molecular complexity index is 269. The molecule has 0 spiro atoms. The summed E-state index contributed by atoms with van der Waals surface area (Å²) < 4.78 is 5.82. The lowest BCUT2D eigenvalue weighted by Crippen LogP contribution is -2.12. The molecule has 0 atom stereocenters. The summed E-state index contributed by atoms with van der Waals surface area (Å²) in [7, 11) is 0. The fourth-order valence-corrected chi connectivity index (χ4v) is 1.94. The molecule has 0 amide bonds. The zero-order valence-corrected chi connectivity index (χ0v) is 10.6. The van der Waals surface area contributed by atoms with Crippen molar-refractivity contribution < 1.29 is 4.74 Å². The van der Waals surface area contributed by atoms with Crippen LogP contribution in [0.2, 0.25) is 0 Å². The Morgan fingerprint density at radius 2 is 1.87 bits per heavy atom. The Morgan fingerprint density at radius 1 is 1.20 bits per heavy atom. The monoisotopic (exact) mass is 207 g/mol. The molecule has 1 nitrogen and oxygen atoms in total. The standard InChI is InChI=1S/C14H23O/c1-6-15-14-12(10(2)3)8-7-9-13(14)11(4)5/h7-8,10-11H,6,9H2,1-5H3. The van der Waals surface area contributed by atoms with E-state index in [1.165, 1.54) is 11.1 Å². The number of hydrogen-bond acceptors (Lipinski definition) is 1. The largest absolute Gasteiger partial charge is 0.494 e. The molecule has 1 radical (unpaired) electrons. The van der Waals surface area contributed by atoms with Crippen LogP contribution < -0.4 is 0 Å². The third-order valence-corrected chi connectivity index (χ3v) is 2.80. The minimum atomic E-state index is 0.539. The molecule has 0 bridgehead atoms. The van der Waals surface area contributed by atoms with E-state index in [0.717, 1.165) is 18.8 Å². The zero-order valence-electron chi connectivity index (χ0n) is 10.6. The third kappa shape index (κ3) is 2.87. The third-order valence-electron chi connectivity index (χ3n) is 2.80. The van der Waals surface area contributed by atoms with Crippen LogP contribution in [0, 0.1) is 18.3 Å². The van der Waals surface area contributed by atoms with Crippen molar-refractivity contribution in [3.8, 4) is 0 Å². The smallest absolute Gasteiger partial charge is 0.121 e. The molecule has 0 N–H and O–H groups in total. The molecule has 1 heteroatoms. The van der Waals surface area contributed by atoms with Crippen LogP contribution in [0.3, 0.4) is 0 Å². The Kier molecular flexibility index (Phi) is 4.44. The molecule has 0 unspecified atom stereocenters. The molecule has 0 saturated carbocycles. The lowest BCUT2D eigenvalue weighted by Gasteiger charge is -2.26. The highest BCUT2D eigenvalue weighted by molar-refractivity contribution is 5.39. The van der Waals surface area contributed by atoms with Gasteiger partial charge in [0.05, 0.1) is 6.61 Å². The first kappa shape index (κ1) is 12.4. The van der Waals surface area contributed by atoms with Gasteiger partial charge in [-0.2, -0.15) is 0 Å². The predicted molar refractivity (Wildman–Crippen MR) is 65.3 cm³/mol. The van der Waals surface area contributed by atoms with E-state index in [2.05, 4.69) is 47.1 Å². The van der Waals surface area contributed by atoms with Gasteiger partial charge in [-0.3, -0.25) is 0 Å². The van der Waals surface area contributed by atoms with Crippen LogP contribution in [0.25, 0.3) is 0 Å². The summed E-state index contributed by atoms with van der Waals surface area (Å²) >= 11 is 0. The predicted octanol–water partition coefficient (Wildman–Crippen LogP) is 4.12. The summed E-state index contributed by atoms with van der Waals surface area (Å²) in [5.41, 5.74) is 2.80. The SMILES string of the molecule is CCOC1=C(C(C)C)C[CH]C=C1C(C)C. The van der Waals surface area contributed by atoms with Gasteiger partial charge in [0.1, 0.15) is 5.76 Å². The van der Waals surface area contributed by atoms with Crippen molar-refractivity contribution in [2.75, 3.05) is 6.61 Å². The maximum Gasteiger partial charge on any atom is 0.121 e. The van der Waals surface area contributed by atoms with Gasteiger partial charge in [-0.1, -0.05) is 33.8 Å². The van der Waals surface area contributed by atoms with Gasteiger partial charge in [0.25, 0.3) is 0 Å². The quantitative estimate of drug-likeness (QED) is 0.673. The highest BCUT2D eigenvalue weighted by Crippen LogP contribution is 2.33. The Morgan fingerprint density at radius 3 is 2.33 bits per heavy atom. The molecule has 0 aromatic rings. The van der Waals surface area contributed by atoms with E-state index in [9.17, 15) is 0 Å². The van der Waals surface area contributed by atoms with Crippen LogP contribution in [-0.2, 0) is 4.74 Å². The first-order valence-electron chi connectivity index (χ1n) is 5.97. The second-order valence-corrected chi connectivity index (χ2v) is 4.66. The maximum atomic E-state index is 5.82. The zero-order chi connectivity index (χ0) is 11.4. The van der Waals surface area contributed by atoms with Crippen molar-refractivity contribution in [2.45, 2.75) is 41.0 Å². The molecule has 0 heterocycles. The van der Waals surface area contributed by atoms with Gasteiger partial charge in [-0.15, -0.1) is 0 Å². The van der Waals surface area contributed by atoms with E-state index in [-0.39, 0.29) is 0 Å². The molecule has 15 heavy (non-hydrogen) atoms. The van der Waals surface area contributed by atoms with Crippen molar-refractivity contribution in [3.05, 3.63) is 29.4 Å². The molecule has 1 aliphatic rings. The van der Waals surface area contributed by atoms with Crippen molar-refractivity contribution in [3.63, 3.8) is 0 Å². The van der Waals surface area contributed by atoms with E-state index in [0.29, 0.717) is 11.8 Å². The average molecular weight is 207 g/mol. The first-order valence-corrected chi connectivity index (χ1v) is 5.97. The molecule has 1 rings (SSSR count). The van der Waals surface area contributed by atoms with Crippen LogP contribution >= 0.6 is 0 Å². The number of ether oxygens (including phenoxy) is 1. The van der Waals surface area contributed by atoms with Gasteiger partial charge in [-0.05, 0) is 42.7 Å². The number of rotatable bonds is 4. The van der Waals surface area contributed by atoms with Crippen LogP contribution in [0.1, 0.15) is 41.0 Å².